The van der Waals surface area contributed by atoms with Crippen molar-refractivity contribution in [3.63, 3.8) is 0 Å². The van der Waals surface area contributed by atoms with Gasteiger partial charge in [0.25, 0.3) is 0 Å². The second-order valence-electron chi connectivity index (χ2n) is 9.56. The predicted molar refractivity (Wildman–Crippen MR) is 120 cm³/mol. The van der Waals surface area contributed by atoms with E-state index < -0.39 is 41.6 Å². The van der Waals surface area contributed by atoms with Gasteiger partial charge in [-0.3, -0.25) is 14.4 Å². The predicted octanol–water partition coefficient (Wildman–Crippen LogP) is 1.94. The number of halogens is 1. The van der Waals surface area contributed by atoms with Crippen molar-refractivity contribution < 1.29 is 29.3 Å². The highest BCUT2D eigenvalue weighted by atomic mass is 79.9. The maximum atomic E-state index is 14.2. The number of ether oxygens (including phenoxy) is 1. The van der Waals surface area contributed by atoms with Gasteiger partial charge in [-0.2, -0.15) is 0 Å². The number of aliphatic carboxylic acids is 1. The topological polar surface area (TPSA) is 107 Å². The molecule has 3 heterocycles. The van der Waals surface area contributed by atoms with Gasteiger partial charge in [0.1, 0.15) is 11.6 Å². The molecule has 9 heteroatoms. The second kappa shape index (κ2) is 9.06. The van der Waals surface area contributed by atoms with Crippen molar-refractivity contribution in [2.45, 2.75) is 86.5 Å². The van der Waals surface area contributed by atoms with E-state index in [0.717, 1.165) is 32.1 Å². The Morgan fingerprint density at radius 2 is 2.06 bits per heavy atom. The first kappa shape index (κ1) is 23.7. The van der Waals surface area contributed by atoms with E-state index in [4.69, 9.17) is 4.74 Å². The van der Waals surface area contributed by atoms with Crippen LogP contribution in [0.25, 0.3) is 0 Å². The van der Waals surface area contributed by atoms with Gasteiger partial charge in [0.2, 0.25) is 11.8 Å². The molecule has 2 N–H and O–H groups in total. The Morgan fingerprint density at radius 1 is 1.38 bits per heavy atom. The van der Waals surface area contributed by atoms with E-state index in [9.17, 15) is 24.6 Å². The minimum absolute atomic E-state index is 0.0597. The Labute approximate surface area is 197 Å². The lowest BCUT2D eigenvalue weighted by atomic mass is 9.70. The van der Waals surface area contributed by atoms with Crippen LogP contribution < -0.4 is 0 Å². The SMILES string of the molecule is C=CCN(C(=O)C1N([C@@H](CC)CO)C(=O)[C@@H]2[C@H](C(=O)O)[C@H]3OC12CC3Br)C1CCCCC1. The molecule has 1 spiro atoms. The summed E-state index contributed by atoms with van der Waals surface area (Å²) in [6, 6.07) is -1.46. The molecule has 4 fully saturated rings. The van der Waals surface area contributed by atoms with Crippen molar-refractivity contribution in [2.75, 3.05) is 13.2 Å². The van der Waals surface area contributed by atoms with Crippen LogP contribution in [0.2, 0.25) is 0 Å². The molecule has 0 aromatic rings. The molecule has 4 aliphatic rings. The molecule has 7 atom stereocenters. The number of carboxylic acid groups (broad SMARTS) is 1. The third-order valence-corrected chi connectivity index (χ3v) is 8.79. The van der Waals surface area contributed by atoms with E-state index in [1.54, 1.807) is 6.08 Å². The number of carbonyl (C=O) groups excluding carboxylic acids is 2. The number of nitrogens with zero attached hydrogens (tertiary/aromatic N) is 2. The van der Waals surface area contributed by atoms with Gasteiger partial charge >= 0.3 is 5.97 Å². The first-order valence-electron chi connectivity index (χ1n) is 11.7. The number of alkyl halides is 1. The van der Waals surface area contributed by atoms with Gasteiger partial charge in [-0.25, -0.2) is 0 Å². The van der Waals surface area contributed by atoms with Crippen LogP contribution in [-0.4, -0.2) is 85.6 Å². The van der Waals surface area contributed by atoms with Crippen LogP contribution in [0.5, 0.6) is 0 Å². The molecule has 8 nitrogen and oxygen atoms in total. The Kier molecular flexibility index (Phi) is 6.71. The first-order valence-corrected chi connectivity index (χ1v) is 12.6. The third-order valence-electron chi connectivity index (χ3n) is 7.95. The average Bonchev–Trinajstić information content (AvgIpc) is 3.37. The Balaban J connectivity index is 1.79. The van der Waals surface area contributed by atoms with Crippen LogP contribution in [0, 0.1) is 11.8 Å². The summed E-state index contributed by atoms with van der Waals surface area (Å²) in [4.78, 5) is 43.1. The highest BCUT2D eigenvalue weighted by Crippen LogP contribution is 2.60. The maximum Gasteiger partial charge on any atom is 0.310 e. The molecule has 0 aromatic carbocycles. The van der Waals surface area contributed by atoms with E-state index >= 15 is 0 Å². The van der Waals surface area contributed by atoms with Crippen LogP contribution in [0.4, 0.5) is 0 Å². The molecule has 3 saturated heterocycles. The van der Waals surface area contributed by atoms with Crippen LogP contribution in [-0.2, 0) is 19.1 Å². The molecule has 1 aliphatic carbocycles. The molecule has 3 unspecified atom stereocenters. The first-order chi connectivity index (χ1) is 15.3. The number of likely N-dealkylation sites (tertiary alicyclic amines) is 1. The highest BCUT2D eigenvalue weighted by molar-refractivity contribution is 9.09. The van der Waals surface area contributed by atoms with Crippen molar-refractivity contribution in [3.8, 4) is 0 Å². The average molecular weight is 513 g/mol. The maximum absolute atomic E-state index is 14.2. The summed E-state index contributed by atoms with van der Waals surface area (Å²) in [5, 5.41) is 20.0. The van der Waals surface area contributed by atoms with Crippen molar-refractivity contribution in [3.05, 3.63) is 12.7 Å². The van der Waals surface area contributed by atoms with Gasteiger partial charge in [0.15, 0.2) is 0 Å². The minimum Gasteiger partial charge on any atom is -0.481 e. The lowest BCUT2D eigenvalue weighted by Crippen LogP contribution is -2.60. The number of carbonyl (C=O) groups is 3. The fraction of sp³-hybridized carbons (Fsp3) is 0.783. The smallest absolute Gasteiger partial charge is 0.310 e. The number of carboxylic acids is 1. The van der Waals surface area contributed by atoms with E-state index in [1.807, 2.05) is 11.8 Å². The van der Waals surface area contributed by atoms with Gasteiger partial charge in [-0.15, -0.1) is 6.58 Å². The largest absolute Gasteiger partial charge is 0.481 e. The normalized spacial score (nSPS) is 37.4. The number of fused-ring (bicyclic) bond motifs is 1. The number of aliphatic hydroxyl groups excluding tert-OH is 1. The second-order valence-corrected chi connectivity index (χ2v) is 10.7. The molecular formula is C23H33BrN2O6. The van der Waals surface area contributed by atoms with Gasteiger partial charge in [0, 0.05) is 17.4 Å². The van der Waals surface area contributed by atoms with Crippen LogP contribution in [0.1, 0.15) is 51.9 Å². The lowest BCUT2D eigenvalue weighted by Gasteiger charge is -2.42. The fourth-order valence-electron chi connectivity index (χ4n) is 6.54. The van der Waals surface area contributed by atoms with Gasteiger partial charge < -0.3 is 24.7 Å². The molecule has 2 bridgehead atoms. The number of aliphatic hydroxyl groups is 1. The van der Waals surface area contributed by atoms with Gasteiger partial charge in [0.05, 0.1) is 30.6 Å². The van der Waals surface area contributed by atoms with Crippen LogP contribution in [0.3, 0.4) is 0 Å². The van der Waals surface area contributed by atoms with Crippen molar-refractivity contribution in [1.29, 1.82) is 0 Å². The molecule has 1 saturated carbocycles. The highest BCUT2D eigenvalue weighted by Gasteiger charge is 2.77. The molecule has 0 aromatic heterocycles. The van der Waals surface area contributed by atoms with E-state index in [0.29, 0.717) is 19.4 Å². The summed E-state index contributed by atoms with van der Waals surface area (Å²) in [5.41, 5.74) is -1.20. The van der Waals surface area contributed by atoms with Crippen LogP contribution >= 0.6 is 15.9 Å². The van der Waals surface area contributed by atoms with E-state index in [-0.39, 0.29) is 29.3 Å². The minimum atomic E-state index is -1.20. The Morgan fingerprint density at radius 3 is 2.62 bits per heavy atom. The van der Waals surface area contributed by atoms with Gasteiger partial charge in [-0.05, 0) is 25.7 Å². The fourth-order valence-corrected chi connectivity index (χ4v) is 7.49. The standard InChI is InChI=1S/C23H33BrN2O6/c1-3-10-25(14-8-6-5-7-9-14)21(29)19-23-11-15(24)18(32-23)16(22(30)31)17(23)20(28)26(19)13(4-2)12-27/h3,13-19,27H,1,4-12H2,2H3,(H,30,31)/t13-,15?,16-,17-,18-,19?,23?/m0/s1. The van der Waals surface area contributed by atoms with Crippen molar-refractivity contribution >= 4 is 33.7 Å². The lowest BCUT2D eigenvalue weighted by molar-refractivity contribution is -0.154. The molecule has 0 radical (unpaired) electrons. The summed E-state index contributed by atoms with van der Waals surface area (Å²) in [7, 11) is 0. The summed E-state index contributed by atoms with van der Waals surface area (Å²) in [5.74, 6) is -3.63. The van der Waals surface area contributed by atoms with Gasteiger partial charge in [-0.1, -0.05) is 48.2 Å². The molecular weight excluding hydrogens is 480 g/mol. The zero-order chi connectivity index (χ0) is 23.2. The summed E-state index contributed by atoms with van der Waals surface area (Å²) in [6.45, 7) is 5.76. The summed E-state index contributed by atoms with van der Waals surface area (Å²) >= 11 is 3.56. The number of rotatable bonds is 8. The number of hydrogen-bond acceptors (Lipinski definition) is 5. The summed E-state index contributed by atoms with van der Waals surface area (Å²) < 4.78 is 6.31. The summed E-state index contributed by atoms with van der Waals surface area (Å²) in [6.07, 6.45) is 6.92. The van der Waals surface area contributed by atoms with Crippen molar-refractivity contribution in [2.24, 2.45) is 11.8 Å². The van der Waals surface area contributed by atoms with E-state index in [1.165, 1.54) is 4.90 Å². The monoisotopic (exact) mass is 512 g/mol. The van der Waals surface area contributed by atoms with E-state index in [2.05, 4.69) is 22.5 Å². The number of hydrogen-bond donors (Lipinski definition) is 2. The zero-order valence-electron chi connectivity index (χ0n) is 18.5. The Hall–Kier alpha value is -1.45. The molecule has 2 amide bonds. The Bertz CT molecular complexity index is 782. The van der Waals surface area contributed by atoms with Crippen LogP contribution in [0.15, 0.2) is 12.7 Å². The molecule has 4 rings (SSSR count). The zero-order valence-corrected chi connectivity index (χ0v) is 20.1. The number of amides is 2. The third kappa shape index (κ3) is 3.42. The molecule has 178 valence electrons. The quantitative estimate of drug-likeness (QED) is 0.380. The molecule has 3 aliphatic heterocycles. The molecule has 32 heavy (non-hydrogen) atoms. The van der Waals surface area contributed by atoms with Crippen molar-refractivity contribution in [1.82, 2.24) is 9.80 Å².